The van der Waals surface area contributed by atoms with Crippen LogP contribution < -0.4 is 14.8 Å². The third-order valence-electron chi connectivity index (χ3n) is 2.94. The number of hydrogen-bond acceptors (Lipinski definition) is 4. The van der Waals surface area contributed by atoms with E-state index in [9.17, 15) is 4.79 Å². The summed E-state index contributed by atoms with van der Waals surface area (Å²) in [5, 5.41) is 11.9. The summed E-state index contributed by atoms with van der Waals surface area (Å²) in [6.45, 7) is 1.95. The van der Waals surface area contributed by atoms with Crippen LogP contribution in [0.25, 0.3) is 0 Å². The fraction of sp³-hybridized carbons (Fsp3) is 0.462. The van der Waals surface area contributed by atoms with E-state index >= 15 is 0 Å². The maximum Gasteiger partial charge on any atom is 0.323 e. The number of ether oxygens (including phenoxy) is 2. The van der Waals surface area contributed by atoms with Crippen LogP contribution in [0.15, 0.2) is 24.3 Å². The van der Waals surface area contributed by atoms with Gasteiger partial charge in [0, 0.05) is 12.5 Å². The van der Waals surface area contributed by atoms with E-state index in [1.54, 1.807) is 33.2 Å². The van der Waals surface area contributed by atoms with Crippen molar-refractivity contribution >= 4 is 5.97 Å². The molecule has 0 saturated carbocycles. The molecule has 1 rings (SSSR count). The molecule has 1 unspecified atom stereocenters. The Bertz CT molecular complexity index is 408. The van der Waals surface area contributed by atoms with Gasteiger partial charge in [0.15, 0.2) is 0 Å². The lowest BCUT2D eigenvalue weighted by Gasteiger charge is -2.23. The van der Waals surface area contributed by atoms with Gasteiger partial charge in [0.25, 0.3) is 0 Å². The van der Waals surface area contributed by atoms with Crippen molar-refractivity contribution in [2.45, 2.75) is 18.9 Å². The summed E-state index contributed by atoms with van der Waals surface area (Å²) in [5.41, 5.74) is -0.973. The first-order valence-electron chi connectivity index (χ1n) is 5.71. The smallest absolute Gasteiger partial charge is 0.323 e. The fourth-order valence-electron chi connectivity index (χ4n) is 1.40. The zero-order valence-corrected chi connectivity index (χ0v) is 10.9. The maximum atomic E-state index is 11.1. The van der Waals surface area contributed by atoms with Crippen LogP contribution in [-0.4, -0.2) is 37.4 Å². The first-order chi connectivity index (χ1) is 8.51. The molecule has 0 aliphatic rings. The molecule has 0 saturated heterocycles. The van der Waals surface area contributed by atoms with Crippen LogP contribution in [0.3, 0.4) is 0 Å². The highest BCUT2D eigenvalue weighted by atomic mass is 16.5. The van der Waals surface area contributed by atoms with Crippen LogP contribution in [0.1, 0.15) is 13.3 Å². The van der Waals surface area contributed by atoms with Gasteiger partial charge in [0.2, 0.25) is 0 Å². The molecule has 0 radical (unpaired) electrons. The van der Waals surface area contributed by atoms with Gasteiger partial charge in [-0.25, -0.2) is 0 Å². The summed E-state index contributed by atoms with van der Waals surface area (Å²) in [5.74, 6) is 0.486. The predicted molar refractivity (Wildman–Crippen MR) is 68.2 cm³/mol. The monoisotopic (exact) mass is 253 g/mol. The highest BCUT2D eigenvalue weighted by molar-refractivity contribution is 5.78. The van der Waals surface area contributed by atoms with Gasteiger partial charge in [-0.15, -0.1) is 0 Å². The van der Waals surface area contributed by atoms with Gasteiger partial charge in [-0.2, -0.15) is 0 Å². The Morgan fingerprint density at radius 2 is 2.11 bits per heavy atom. The molecule has 0 fully saturated rings. The largest absolute Gasteiger partial charge is 0.497 e. The number of carboxylic acids is 1. The maximum absolute atomic E-state index is 11.1. The molecule has 0 aliphatic carbocycles. The molecule has 100 valence electrons. The number of benzene rings is 1. The second-order valence-corrected chi connectivity index (χ2v) is 4.16. The summed E-state index contributed by atoms with van der Waals surface area (Å²) in [7, 11) is 3.21. The Kier molecular flexibility index (Phi) is 4.97. The number of aliphatic carboxylic acids is 1. The molecule has 0 spiro atoms. The Hall–Kier alpha value is -1.75. The van der Waals surface area contributed by atoms with Gasteiger partial charge in [-0.05, 0) is 26.1 Å². The van der Waals surface area contributed by atoms with E-state index in [1.807, 2.05) is 12.1 Å². The van der Waals surface area contributed by atoms with Crippen molar-refractivity contribution in [2.24, 2.45) is 0 Å². The Balaban J connectivity index is 2.53. The van der Waals surface area contributed by atoms with E-state index in [0.717, 1.165) is 0 Å². The van der Waals surface area contributed by atoms with Crippen LogP contribution in [-0.2, 0) is 4.79 Å². The molecular formula is C13H19NO4. The number of rotatable bonds is 7. The molecule has 0 aliphatic heterocycles. The molecule has 5 heteroatoms. The minimum atomic E-state index is -0.973. The second kappa shape index (κ2) is 6.26. The van der Waals surface area contributed by atoms with Crippen molar-refractivity contribution in [1.82, 2.24) is 5.32 Å². The number of carboxylic acid groups (broad SMARTS) is 1. The van der Waals surface area contributed by atoms with E-state index in [2.05, 4.69) is 5.32 Å². The van der Waals surface area contributed by atoms with Crippen molar-refractivity contribution in [3.63, 3.8) is 0 Å². The van der Waals surface area contributed by atoms with Crippen molar-refractivity contribution in [3.8, 4) is 11.5 Å². The Morgan fingerprint density at radius 3 is 2.67 bits per heavy atom. The average molecular weight is 253 g/mol. The van der Waals surface area contributed by atoms with E-state index in [-0.39, 0.29) is 0 Å². The Labute approximate surface area is 107 Å². The minimum absolute atomic E-state index is 0.316. The summed E-state index contributed by atoms with van der Waals surface area (Å²) in [4.78, 5) is 11.1. The van der Waals surface area contributed by atoms with Crippen molar-refractivity contribution < 1.29 is 19.4 Å². The van der Waals surface area contributed by atoms with Crippen molar-refractivity contribution in [1.29, 1.82) is 0 Å². The number of nitrogens with one attached hydrogen (secondary N) is 1. The molecular weight excluding hydrogens is 234 g/mol. The van der Waals surface area contributed by atoms with Crippen molar-refractivity contribution in [2.75, 3.05) is 20.8 Å². The summed E-state index contributed by atoms with van der Waals surface area (Å²) in [6.07, 6.45) is 0.371. The van der Waals surface area contributed by atoms with Gasteiger partial charge in [0.1, 0.15) is 17.0 Å². The van der Waals surface area contributed by atoms with Crippen LogP contribution >= 0.6 is 0 Å². The summed E-state index contributed by atoms with van der Waals surface area (Å²) < 4.78 is 10.6. The molecule has 0 aromatic heterocycles. The quantitative estimate of drug-likeness (QED) is 0.771. The Morgan fingerprint density at radius 1 is 1.44 bits per heavy atom. The van der Waals surface area contributed by atoms with Gasteiger partial charge in [-0.3, -0.25) is 4.79 Å². The second-order valence-electron chi connectivity index (χ2n) is 4.16. The van der Waals surface area contributed by atoms with E-state index in [4.69, 9.17) is 14.6 Å². The van der Waals surface area contributed by atoms with E-state index in [1.165, 1.54) is 0 Å². The lowest BCUT2D eigenvalue weighted by atomic mass is 9.99. The summed E-state index contributed by atoms with van der Waals surface area (Å²) >= 11 is 0. The lowest BCUT2D eigenvalue weighted by molar-refractivity contribution is -0.144. The van der Waals surface area contributed by atoms with E-state index < -0.39 is 11.5 Å². The van der Waals surface area contributed by atoms with Crippen LogP contribution in [0.2, 0.25) is 0 Å². The first-order valence-corrected chi connectivity index (χ1v) is 5.71. The molecule has 0 bridgehead atoms. The normalized spacial score (nSPS) is 13.7. The summed E-state index contributed by atoms with van der Waals surface area (Å²) in [6, 6.07) is 7.21. The lowest BCUT2D eigenvalue weighted by Crippen LogP contribution is -2.48. The molecule has 0 amide bonds. The third-order valence-corrected chi connectivity index (χ3v) is 2.94. The molecule has 5 nitrogen and oxygen atoms in total. The number of hydrogen-bond donors (Lipinski definition) is 2. The average Bonchev–Trinajstić information content (AvgIpc) is 2.38. The van der Waals surface area contributed by atoms with Crippen LogP contribution in [0.4, 0.5) is 0 Å². The first kappa shape index (κ1) is 14.3. The SMILES string of the molecule is CNC(C)(CCOc1cccc(OC)c1)C(=O)O. The molecule has 18 heavy (non-hydrogen) atoms. The highest BCUT2D eigenvalue weighted by Gasteiger charge is 2.30. The molecule has 1 atom stereocenters. The molecule has 1 aromatic rings. The van der Waals surface area contributed by atoms with Crippen LogP contribution in [0, 0.1) is 0 Å². The molecule has 0 heterocycles. The van der Waals surface area contributed by atoms with E-state index in [0.29, 0.717) is 24.5 Å². The number of likely N-dealkylation sites (N-methyl/N-ethyl adjacent to an activating group) is 1. The van der Waals surface area contributed by atoms with Gasteiger partial charge >= 0.3 is 5.97 Å². The zero-order chi connectivity index (χ0) is 13.6. The van der Waals surface area contributed by atoms with Gasteiger partial charge < -0.3 is 19.9 Å². The molecule has 1 aromatic carbocycles. The minimum Gasteiger partial charge on any atom is -0.497 e. The topological polar surface area (TPSA) is 67.8 Å². The fourth-order valence-corrected chi connectivity index (χ4v) is 1.40. The number of methoxy groups -OCH3 is 1. The van der Waals surface area contributed by atoms with Crippen molar-refractivity contribution in [3.05, 3.63) is 24.3 Å². The van der Waals surface area contributed by atoms with Gasteiger partial charge in [-0.1, -0.05) is 6.07 Å². The highest BCUT2D eigenvalue weighted by Crippen LogP contribution is 2.19. The molecule has 2 N–H and O–H groups in total. The number of carbonyl (C=O) groups is 1. The standard InChI is InChI=1S/C13H19NO4/c1-13(14-2,12(15)16)7-8-18-11-6-4-5-10(9-11)17-3/h4-6,9,14H,7-8H2,1-3H3,(H,15,16). The third kappa shape index (κ3) is 3.63. The zero-order valence-electron chi connectivity index (χ0n) is 10.9. The predicted octanol–water partition coefficient (Wildman–Crippen LogP) is 1.53. The van der Waals surface area contributed by atoms with Crippen LogP contribution in [0.5, 0.6) is 11.5 Å². The van der Waals surface area contributed by atoms with Gasteiger partial charge in [0.05, 0.1) is 13.7 Å².